The molecule has 1 aliphatic heterocycles. The van der Waals surface area contributed by atoms with Crippen molar-refractivity contribution in [2.75, 3.05) is 6.61 Å². The molecular weight excluding hydrogens is 186 g/mol. The lowest BCUT2D eigenvalue weighted by molar-refractivity contribution is 0.357. The van der Waals surface area contributed by atoms with Crippen molar-refractivity contribution in [3.05, 3.63) is 34.9 Å². The van der Waals surface area contributed by atoms with Gasteiger partial charge in [0.2, 0.25) is 0 Å². The number of rotatable bonds is 1. The first kappa shape index (κ1) is 8.72. The highest BCUT2D eigenvalue weighted by Crippen LogP contribution is 2.40. The fraction of sp³-hybridized carbons (Fsp3) is 0.308. The molecule has 2 nitrogen and oxygen atoms in total. The van der Waals surface area contributed by atoms with Crippen LogP contribution in [0.25, 0.3) is 5.57 Å². The van der Waals surface area contributed by atoms with Gasteiger partial charge in [-0.1, -0.05) is 6.07 Å². The van der Waals surface area contributed by atoms with Gasteiger partial charge in [0.15, 0.2) is 0 Å². The van der Waals surface area contributed by atoms with E-state index >= 15 is 0 Å². The lowest BCUT2D eigenvalue weighted by atomic mass is 9.98. The van der Waals surface area contributed by atoms with Crippen molar-refractivity contribution in [3.8, 4) is 5.75 Å². The van der Waals surface area contributed by atoms with E-state index in [4.69, 9.17) is 10.1 Å². The molecule has 2 aliphatic rings. The summed E-state index contributed by atoms with van der Waals surface area (Å²) in [6.07, 6.45) is 6.52. The summed E-state index contributed by atoms with van der Waals surface area (Å²) in [5.74, 6) is 1.05. The quantitative estimate of drug-likeness (QED) is 0.693. The lowest BCUT2D eigenvalue weighted by Crippen LogP contribution is -1.89. The highest BCUT2D eigenvalue weighted by atomic mass is 16.5. The maximum absolute atomic E-state index is 7.17. The zero-order valence-electron chi connectivity index (χ0n) is 8.55. The highest BCUT2D eigenvalue weighted by Gasteiger charge is 2.24. The van der Waals surface area contributed by atoms with Gasteiger partial charge in [0, 0.05) is 18.2 Å². The Labute approximate surface area is 89.1 Å². The van der Waals surface area contributed by atoms with Crippen molar-refractivity contribution in [1.29, 1.82) is 5.41 Å². The average Bonchev–Trinajstić information content (AvgIpc) is 2.83. The molecule has 76 valence electrons. The van der Waals surface area contributed by atoms with Crippen molar-refractivity contribution < 1.29 is 4.74 Å². The van der Waals surface area contributed by atoms with E-state index in [2.05, 4.69) is 12.1 Å². The number of allylic oxidation sites excluding steroid dienone is 2. The number of nitrogens with one attached hydrogen (secondary N) is 1. The second-order valence-corrected chi connectivity index (χ2v) is 4.03. The summed E-state index contributed by atoms with van der Waals surface area (Å²) >= 11 is 0. The summed E-state index contributed by atoms with van der Waals surface area (Å²) in [6, 6.07) is 4.26. The van der Waals surface area contributed by atoms with Crippen LogP contribution in [0.4, 0.5) is 0 Å². The van der Waals surface area contributed by atoms with Crippen LogP contribution in [-0.2, 0) is 12.8 Å². The number of hydrogen-bond donors (Lipinski definition) is 1. The van der Waals surface area contributed by atoms with E-state index in [1.54, 1.807) is 0 Å². The van der Waals surface area contributed by atoms with Gasteiger partial charge in [0.05, 0.1) is 6.61 Å². The molecule has 1 aromatic carbocycles. The van der Waals surface area contributed by atoms with Gasteiger partial charge in [-0.15, -0.1) is 0 Å². The third kappa shape index (κ3) is 1.21. The molecule has 0 saturated heterocycles. The van der Waals surface area contributed by atoms with Crippen molar-refractivity contribution in [2.24, 2.45) is 0 Å². The fourth-order valence-corrected chi connectivity index (χ4v) is 2.59. The summed E-state index contributed by atoms with van der Waals surface area (Å²) < 4.78 is 5.57. The molecule has 3 rings (SSSR count). The summed E-state index contributed by atoms with van der Waals surface area (Å²) in [5.41, 5.74) is 5.46. The van der Waals surface area contributed by atoms with Crippen molar-refractivity contribution in [1.82, 2.24) is 0 Å². The zero-order chi connectivity index (χ0) is 10.3. The smallest absolute Gasteiger partial charge is 0.123 e. The predicted molar refractivity (Wildman–Crippen MR) is 60.7 cm³/mol. The Hall–Kier alpha value is -1.57. The SMILES string of the molecule is N=C/C=C1\CCc2ccc3c(c21)CCO3. The Balaban J connectivity index is 2.22. The molecule has 0 aromatic heterocycles. The number of hydrogen-bond acceptors (Lipinski definition) is 2. The molecule has 1 aliphatic carbocycles. The van der Waals surface area contributed by atoms with Crippen LogP contribution in [0.5, 0.6) is 5.75 Å². The third-order valence-corrected chi connectivity index (χ3v) is 3.24. The fourth-order valence-electron chi connectivity index (χ4n) is 2.59. The topological polar surface area (TPSA) is 33.1 Å². The van der Waals surface area contributed by atoms with Crippen LogP contribution in [0.1, 0.15) is 23.1 Å². The molecule has 1 aromatic rings. The van der Waals surface area contributed by atoms with Gasteiger partial charge in [0.1, 0.15) is 5.75 Å². The maximum atomic E-state index is 7.17. The molecule has 1 heterocycles. The predicted octanol–water partition coefficient (Wildman–Crippen LogP) is 2.60. The summed E-state index contributed by atoms with van der Waals surface area (Å²) in [5, 5.41) is 7.17. The van der Waals surface area contributed by atoms with Gasteiger partial charge in [-0.3, -0.25) is 0 Å². The van der Waals surface area contributed by atoms with Crippen molar-refractivity contribution >= 4 is 11.8 Å². The summed E-state index contributed by atoms with van der Waals surface area (Å²) in [7, 11) is 0. The monoisotopic (exact) mass is 199 g/mol. The maximum Gasteiger partial charge on any atom is 0.123 e. The molecule has 0 spiro atoms. The van der Waals surface area contributed by atoms with Crippen LogP contribution in [-0.4, -0.2) is 12.8 Å². The molecule has 0 bridgehead atoms. The number of ether oxygens (including phenoxy) is 1. The van der Waals surface area contributed by atoms with Crippen molar-refractivity contribution in [2.45, 2.75) is 19.3 Å². The third-order valence-electron chi connectivity index (χ3n) is 3.24. The molecule has 15 heavy (non-hydrogen) atoms. The normalized spacial score (nSPS) is 19.9. The number of aryl methyl sites for hydroxylation is 1. The Kier molecular flexibility index (Phi) is 1.88. The van der Waals surface area contributed by atoms with Crippen molar-refractivity contribution in [3.63, 3.8) is 0 Å². The number of benzene rings is 1. The largest absolute Gasteiger partial charge is 0.493 e. The molecule has 0 fully saturated rings. The molecule has 2 heteroatoms. The second-order valence-electron chi connectivity index (χ2n) is 4.03. The molecular formula is C13H13NO. The van der Waals surface area contributed by atoms with Crippen LogP contribution in [0, 0.1) is 5.41 Å². The van der Waals surface area contributed by atoms with E-state index in [0.29, 0.717) is 0 Å². The van der Waals surface area contributed by atoms with E-state index in [9.17, 15) is 0 Å². The van der Waals surface area contributed by atoms with E-state index in [0.717, 1.165) is 31.6 Å². The zero-order valence-corrected chi connectivity index (χ0v) is 8.55. The Morgan fingerprint density at radius 1 is 1.20 bits per heavy atom. The van der Waals surface area contributed by atoms with Gasteiger partial charge >= 0.3 is 0 Å². The van der Waals surface area contributed by atoms with E-state index in [1.165, 1.54) is 28.5 Å². The summed E-state index contributed by atoms with van der Waals surface area (Å²) in [4.78, 5) is 0. The van der Waals surface area contributed by atoms with E-state index in [-0.39, 0.29) is 0 Å². The molecule has 0 radical (unpaired) electrons. The van der Waals surface area contributed by atoms with E-state index in [1.807, 2.05) is 6.08 Å². The molecule has 0 atom stereocenters. The molecule has 0 unspecified atom stereocenters. The minimum absolute atomic E-state index is 0.809. The lowest BCUT2D eigenvalue weighted by Gasteiger charge is -2.06. The first-order valence-corrected chi connectivity index (χ1v) is 5.37. The molecule has 0 amide bonds. The van der Waals surface area contributed by atoms with Gasteiger partial charge < -0.3 is 10.1 Å². The van der Waals surface area contributed by atoms with Crippen LogP contribution in [0.3, 0.4) is 0 Å². The van der Waals surface area contributed by atoms with Crippen LogP contribution in [0.15, 0.2) is 18.2 Å². The van der Waals surface area contributed by atoms with Crippen LogP contribution < -0.4 is 4.74 Å². The Bertz CT molecular complexity index is 460. The average molecular weight is 199 g/mol. The first-order valence-electron chi connectivity index (χ1n) is 5.37. The number of fused-ring (bicyclic) bond motifs is 3. The van der Waals surface area contributed by atoms with Gasteiger partial charge in [-0.05, 0) is 41.7 Å². The summed E-state index contributed by atoms with van der Waals surface area (Å²) in [6.45, 7) is 0.809. The Morgan fingerprint density at radius 2 is 2.13 bits per heavy atom. The highest BCUT2D eigenvalue weighted by molar-refractivity contribution is 5.87. The molecule has 0 saturated carbocycles. The first-order chi connectivity index (χ1) is 7.40. The van der Waals surface area contributed by atoms with Crippen LogP contribution >= 0.6 is 0 Å². The minimum atomic E-state index is 0.809. The van der Waals surface area contributed by atoms with Gasteiger partial charge in [0.25, 0.3) is 0 Å². The second kappa shape index (κ2) is 3.23. The Morgan fingerprint density at radius 3 is 3.00 bits per heavy atom. The van der Waals surface area contributed by atoms with Gasteiger partial charge in [-0.25, -0.2) is 0 Å². The van der Waals surface area contributed by atoms with E-state index < -0.39 is 0 Å². The molecule has 1 N–H and O–H groups in total. The van der Waals surface area contributed by atoms with Gasteiger partial charge in [-0.2, -0.15) is 0 Å². The standard InChI is InChI=1S/C13H13NO/c14-7-5-10-2-1-9-3-4-12-11(13(9)10)6-8-15-12/h3-5,7,14H,1-2,6,8H2/b10-5+,14-7?. The van der Waals surface area contributed by atoms with Crippen LogP contribution in [0.2, 0.25) is 0 Å². The minimum Gasteiger partial charge on any atom is -0.493 e.